The molecule has 1 aliphatic rings. The number of rotatable bonds is 9. The second kappa shape index (κ2) is 12.1. The first-order valence-corrected chi connectivity index (χ1v) is 12.9. The first-order chi connectivity index (χ1) is 17.0. The summed E-state index contributed by atoms with van der Waals surface area (Å²) >= 11 is 3.50. The molecule has 0 saturated heterocycles. The van der Waals surface area contributed by atoms with Crippen LogP contribution in [0.4, 0.5) is 4.39 Å². The molecular weight excluding hydrogens is 507 g/mol. The topological polar surface area (TPSA) is 49.4 Å². The van der Waals surface area contributed by atoms with Crippen molar-refractivity contribution in [3.8, 4) is 0 Å². The summed E-state index contributed by atoms with van der Waals surface area (Å²) in [6.45, 7) is 0.252. The molecule has 1 atom stereocenters. The van der Waals surface area contributed by atoms with Crippen molar-refractivity contribution in [2.75, 3.05) is 0 Å². The normalized spacial score (nSPS) is 14.5. The molecule has 0 aromatic heterocycles. The van der Waals surface area contributed by atoms with Crippen LogP contribution in [0.25, 0.3) is 0 Å². The van der Waals surface area contributed by atoms with E-state index in [-0.39, 0.29) is 30.8 Å². The predicted molar refractivity (Wildman–Crippen MR) is 139 cm³/mol. The van der Waals surface area contributed by atoms with Gasteiger partial charge < -0.3 is 10.2 Å². The van der Waals surface area contributed by atoms with Crippen LogP contribution in [-0.4, -0.2) is 28.8 Å². The highest BCUT2D eigenvalue weighted by molar-refractivity contribution is 9.10. The molecule has 1 aliphatic carbocycles. The minimum absolute atomic E-state index is 0.108. The molecule has 182 valence electrons. The third-order valence-corrected chi connectivity index (χ3v) is 7.01. The average Bonchev–Trinajstić information content (AvgIpc) is 3.36. The molecule has 0 spiro atoms. The molecule has 2 amide bonds. The molecule has 3 aromatic carbocycles. The number of hydrogen-bond acceptors (Lipinski definition) is 2. The van der Waals surface area contributed by atoms with Gasteiger partial charge in [0.1, 0.15) is 11.9 Å². The number of carbonyl (C=O) groups excluding carboxylic acids is 2. The molecule has 0 bridgehead atoms. The zero-order chi connectivity index (χ0) is 24.6. The summed E-state index contributed by atoms with van der Waals surface area (Å²) in [5.74, 6) is -0.853. The monoisotopic (exact) mass is 536 g/mol. The van der Waals surface area contributed by atoms with Gasteiger partial charge >= 0.3 is 0 Å². The van der Waals surface area contributed by atoms with Crippen molar-refractivity contribution in [2.45, 2.75) is 57.2 Å². The molecule has 4 rings (SSSR count). The van der Waals surface area contributed by atoms with E-state index in [4.69, 9.17) is 0 Å². The van der Waals surface area contributed by atoms with Gasteiger partial charge in [0.2, 0.25) is 11.8 Å². The van der Waals surface area contributed by atoms with Gasteiger partial charge in [-0.3, -0.25) is 9.59 Å². The maximum atomic E-state index is 14.4. The van der Waals surface area contributed by atoms with Crippen molar-refractivity contribution in [1.29, 1.82) is 0 Å². The van der Waals surface area contributed by atoms with E-state index in [0.717, 1.165) is 41.3 Å². The molecule has 1 fully saturated rings. The standard InChI is InChI=1S/C29H30BrFN2O2/c30-24-13-8-11-22(17-24)20-33(28(34)19-23-12-4-7-16-26(23)31)27(18-21-9-2-1-3-10-21)29(35)32-25-14-5-6-15-25/h1-4,7-13,16-17,25,27H,5-6,14-15,18-20H2,(H,32,35)/t27-/m0/s1. The zero-order valence-corrected chi connectivity index (χ0v) is 21.2. The molecule has 6 heteroatoms. The highest BCUT2D eigenvalue weighted by Gasteiger charge is 2.32. The summed E-state index contributed by atoms with van der Waals surface area (Å²) in [4.78, 5) is 28.9. The molecule has 35 heavy (non-hydrogen) atoms. The lowest BCUT2D eigenvalue weighted by molar-refractivity contribution is -0.141. The number of benzene rings is 3. The number of hydrogen-bond donors (Lipinski definition) is 1. The smallest absolute Gasteiger partial charge is 0.243 e. The zero-order valence-electron chi connectivity index (χ0n) is 19.6. The van der Waals surface area contributed by atoms with Crippen molar-refractivity contribution in [3.63, 3.8) is 0 Å². The summed E-state index contributed by atoms with van der Waals surface area (Å²) < 4.78 is 15.3. The summed E-state index contributed by atoms with van der Waals surface area (Å²) in [6, 6.07) is 23.2. The number of halogens is 2. The van der Waals surface area contributed by atoms with Gasteiger partial charge in [-0.1, -0.05) is 89.4 Å². The first-order valence-electron chi connectivity index (χ1n) is 12.1. The minimum Gasteiger partial charge on any atom is -0.352 e. The summed E-state index contributed by atoms with van der Waals surface area (Å²) in [5.41, 5.74) is 2.19. The summed E-state index contributed by atoms with van der Waals surface area (Å²) in [7, 11) is 0. The third kappa shape index (κ3) is 7.01. The van der Waals surface area contributed by atoms with Crippen molar-refractivity contribution < 1.29 is 14.0 Å². The number of nitrogens with one attached hydrogen (secondary N) is 1. The Morgan fingerprint density at radius 2 is 1.63 bits per heavy atom. The molecule has 0 aliphatic heterocycles. The Balaban J connectivity index is 1.67. The molecule has 3 aromatic rings. The largest absolute Gasteiger partial charge is 0.352 e. The van der Waals surface area contributed by atoms with E-state index in [0.29, 0.717) is 12.0 Å². The molecule has 0 radical (unpaired) electrons. The second-order valence-corrected chi connectivity index (χ2v) is 10.0. The van der Waals surface area contributed by atoms with Gasteiger partial charge in [0.15, 0.2) is 0 Å². The van der Waals surface area contributed by atoms with Crippen LogP contribution in [0, 0.1) is 5.82 Å². The van der Waals surface area contributed by atoms with Crippen LogP contribution in [-0.2, 0) is 29.0 Å². The van der Waals surface area contributed by atoms with Gasteiger partial charge in [-0.05, 0) is 47.7 Å². The predicted octanol–water partition coefficient (Wildman–Crippen LogP) is 5.83. The van der Waals surface area contributed by atoms with Gasteiger partial charge in [-0.25, -0.2) is 4.39 Å². The van der Waals surface area contributed by atoms with E-state index in [1.807, 2.05) is 54.6 Å². The van der Waals surface area contributed by atoms with E-state index in [2.05, 4.69) is 21.2 Å². The van der Waals surface area contributed by atoms with Crippen molar-refractivity contribution in [1.82, 2.24) is 10.2 Å². The fourth-order valence-electron chi connectivity index (χ4n) is 4.66. The van der Waals surface area contributed by atoms with Crippen LogP contribution in [0.3, 0.4) is 0 Å². The Hall–Kier alpha value is -2.99. The van der Waals surface area contributed by atoms with E-state index in [1.165, 1.54) is 6.07 Å². The summed E-state index contributed by atoms with van der Waals surface area (Å²) in [5, 5.41) is 3.19. The molecule has 0 heterocycles. The van der Waals surface area contributed by atoms with Gasteiger partial charge in [-0.2, -0.15) is 0 Å². The van der Waals surface area contributed by atoms with E-state index < -0.39 is 11.9 Å². The van der Waals surface area contributed by atoms with Crippen LogP contribution in [0.5, 0.6) is 0 Å². The Kier molecular flexibility index (Phi) is 8.69. The quantitative estimate of drug-likeness (QED) is 0.374. The van der Waals surface area contributed by atoms with Gasteiger partial charge in [0.25, 0.3) is 0 Å². The van der Waals surface area contributed by atoms with Gasteiger partial charge in [0, 0.05) is 23.5 Å². The number of amides is 2. The van der Waals surface area contributed by atoms with Crippen LogP contribution in [0.15, 0.2) is 83.3 Å². The Morgan fingerprint density at radius 3 is 2.34 bits per heavy atom. The first kappa shape index (κ1) is 25.1. The van der Waals surface area contributed by atoms with Crippen molar-refractivity contribution >= 4 is 27.7 Å². The highest BCUT2D eigenvalue weighted by atomic mass is 79.9. The number of carbonyl (C=O) groups is 2. The minimum atomic E-state index is -0.712. The van der Waals surface area contributed by atoms with Gasteiger partial charge in [-0.15, -0.1) is 0 Å². The fraction of sp³-hybridized carbons (Fsp3) is 0.310. The van der Waals surface area contributed by atoms with Crippen molar-refractivity contribution in [3.05, 3.63) is 106 Å². The molecular formula is C29H30BrFN2O2. The van der Waals surface area contributed by atoms with Crippen LogP contribution in [0.1, 0.15) is 42.4 Å². The van der Waals surface area contributed by atoms with Crippen LogP contribution >= 0.6 is 15.9 Å². The average molecular weight is 537 g/mol. The van der Waals surface area contributed by atoms with E-state index in [9.17, 15) is 14.0 Å². The number of nitrogens with zero attached hydrogens (tertiary/aromatic N) is 1. The maximum absolute atomic E-state index is 14.4. The fourth-order valence-corrected chi connectivity index (χ4v) is 5.11. The second-order valence-electron chi connectivity index (χ2n) is 9.12. The lowest BCUT2D eigenvalue weighted by Crippen LogP contribution is -2.52. The SMILES string of the molecule is O=C(NC1CCCC1)[C@H](Cc1ccccc1)N(Cc1cccc(Br)c1)C(=O)Cc1ccccc1F. The molecule has 1 saturated carbocycles. The highest BCUT2D eigenvalue weighted by Crippen LogP contribution is 2.22. The maximum Gasteiger partial charge on any atom is 0.243 e. The molecule has 0 unspecified atom stereocenters. The molecule has 4 nitrogen and oxygen atoms in total. The van der Waals surface area contributed by atoms with Crippen LogP contribution < -0.4 is 5.32 Å². The molecule has 1 N–H and O–H groups in total. The third-order valence-electron chi connectivity index (χ3n) is 6.51. The Labute approximate surface area is 214 Å². The van der Waals surface area contributed by atoms with E-state index >= 15 is 0 Å². The lowest BCUT2D eigenvalue weighted by Gasteiger charge is -2.32. The van der Waals surface area contributed by atoms with Gasteiger partial charge in [0.05, 0.1) is 6.42 Å². The summed E-state index contributed by atoms with van der Waals surface area (Å²) in [6.07, 6.45) is 4.39. The Morgan fingerprint density at radius 1 is 0.943 bits per heavy atom. The van der Waals surface area contributed by atoms with Crippen molar-refractivity contribution in [2.24, 2.45) is 0 Å². The Bertz CT molecular complexity index is 1150. The lowest BCUT2D eigenvalue weighted by atomic mass is 10.0. The van der Waals surface area contributed by atoms with Crippen LogP contribution in [0.2, 0.25) is 0 Å². The van der Waals surface area contributed by atoms with E-state index in [1.54, 1.807) is 23.1 Å².